The van der Waals surface area contributed by atoms with Crippen molar-refractivity contribution >= 4 is 64.2 Å². The minimum Gasteiger partial charge on any atom is -0.463 e. The molecule has 1 amide bonds. The second kappa shape index (κ2) is 13.5. The summed E-state index contributed by atoms with van der Waals surface area (Å²) in [6.45, 7) is 4.10. The number of benzene rings is 1. The first-order chi connectivity index (χ1) is 18.5. The molecule has 0 radical (unpaired) electrons. The quantitative estimate of drug-likeness (QED) is 0.194. The second-order valence-electron chi connectivity index (χ2n) is 8.43. The maximum absolute atomic E-state index is 13.5. The first kappa shape index (κ1) is 30.0. The standard InChI is InChI=1S/C26H27NO10S2/c1-14(28)33-13-19-21(34-15(2)29)22(35-16(3)30)23(36-17(4)31)25(37-19)27-24(32)20(39-26(27)38)12-8-11-18-9-6-5-7-10-18/h5-12,19,21-23,25H,13H2,1-4H3/b11-8+,20-12+/t19-,21+,22+,23-,25-/m1/s1. The van der Waals surface area contributed by atoms with Crippen LogP contribution in [0, 0.1) is 0 Å². The van der Waals surface area contributed by atoms with Crippen molar-refractivity contribution < 1.29 is 47.7 Å². The number of hydrogen-bond acceptors (Lipinski definition) is 12. The van der Waals surface area contributed by atoms with Crippen molar-refractivity contribution in [2.75, 3.05) is 6.61 Å². The number of esters is 4. The van der Waals surface area contributed by atoms with Crippen molar-refractivity contribution in [3.63, 3.8) is 0 Å². The number of thiocarbonyl (C=S) groups is 1. The van der Waals surface area contributed by atoms with Gasteiger partial charge < -0.3 is 23.7 Å². The van der Waals surface area contributed by atoms with E-state index in [1.165, 1.54) is 6.92 Å². The molecule has 2 saturated heterocycles. The van der Waals surface area contributed by atoms with Crippen LogP contribution >= 0.6 is 24.0 Å². The molecule has 2 aliphatic rings. The number of allylic oxidation sites excluding steroid dienone is 2. The second-order valence-corrected chi connectivity index (χ2v) is 10.1. The molecule has 0 N–H and O–H groups in total. The molecule has 0 spiro atoms. The zero-order chi connectivity index (χ0) is 28.7. The van der Waals surface area contributed by atoms with Gasteiger partial charge in [0.15, 0.2) is 28.9 Å². The lowest BCUT2D eigenvalue weighted by atomic mass is 9.96. The van der Waals surface area contributed by atoms with Gasteiger partial charge in [0.25, 0.3) is 5.91 Å². The third-order valence-corrected chi connectivity index (χ3v) is 6.73. The fourth-order valence-electron chi connectivity index (χ4n) is 3.94. The Morgan fingerprint density at radius 1 is 0.923 bits per heavy atom. The van der Waals surface area contributed by atoms with Crippen LogP contribution in [0.15, 0.2) is 47.4 Å². The SMILES string of the molecule is CC(=O)OC[C@H]1O[C@@H](N2C(=O)/C(=C\C=C\c3ccccc3)SC2=S)[C@H](OC(C)=O)[C@@H](OC(C)=O)[C@H]1OC(C)=O. The third kappa shape index (κ3) is 7.97. The average Bonchev–Trinajstić information content (AvgIpc) is 3.13. The van der Waals surface area contributed by atoms with Crippen LogP contribution in [0.5, 0.6) is 0 Å². The van der Waals surface area contributed by atoms with Gasteiger partial charge in [-0.05, 0) is 11.6 Å². The minimum atomic E-state index is -1.44. The Labute approximate surface area is 234 Å². The van der Waals surface area contributed by atoms with E-state index in [4.69, 9.17) is 35.9 Å². The highest BCUT2D eigenvalue weighted by atomic mass is 32.2. The molecule has 0 aliphatic carbocycles. The van der Waals surface area contributed by atoms with Crippen molar-refractivity contribution in [1.82, 2.24) is 4.90 Å². The van der Waals surface area contributed by atoms with E-state index in [-0.39, 0.29) is 9.23 Å². The van der Waals surface area contributed by atoms with Crippen LogP contribution in [0.4, 0.5) is 0 Å². The van der Waals surface area contributed by atoms with Gasteiger partial charge in [-0.3, -0.25) is 28.9 Å². The molecule has 208 valence electrons. The fraction of sp³-hybridized carbons (Fsp3) is 0.385. The summed E-state index contributed by atoms with van der Waals surface area (Å²) in [6.07, 6.45) is -1.72. The van der Waals surface area contributed by atoms with E-state index in [1.54, 1.807) is 18.2 Å². The number of carbonyl (C=O) groups is 5. The topological polar surface area (TPSA) is 135 Å². The smallest absolute Gasteiger partial charge is 0.303 e. The lowest BCUT2D eigenvalue weighted by Crippen LogP contribution is -2.66. The molecule has 1 aromatic carbocycles. The Morgan fingerprint density at radius 2 is 1.51 bits per heavy atom. The van der Waals surface area contributed by atoms with Crippen LogP contribution in [-0.2, 0) is 47.7 Å². The maximum Gasteiger partial charge on any atom is 0.303 e. The highest BCUT2D eigenvalue weighted by molar-refractivity contribution is 8.26. The summed E-state index contributed by atoms with van der Waals surface area (Å²) in [5.41, 5.74) is 0.920. The van der Waals surface area contributed by atoms with Crippen molar-refractivity contribution in [2.45, 2.75) is 58.3 Å². The molecule has 0 unspecified atom stereocenters. The maximum atomic E-state index is 13.5. The van der Waals surface area contributed by atoms with Crippen molar-refractivity contribution in [1.29, 1.82) is 0 Å². The largest absolute Gasteiger partial charge is 0.463 e. The zero-order valence-electron chi connectivity index (χ0n) is 21.6. The highest BCUT2D eigenvalue weighted by Crippen LogP contribution is 2.38. The molecule has 11 nitrogen and oxygen atoms in total. The van der Waals surface area contributed by atoms with Gasteiger partial charge in [0.1, 0.15) is 12.7 Å². The molecular weight excluding hydrogens is 550 g/mol. The van der Waals surface area contributed by atoms with Gasteiger partial charge in [0.2, 0.25) is 0 Å². The van der Waals surface area contributed by atoms with Gasteiger partial charge in [0.05, 0.1) is 4.91 Å². The van der Waals surface area contributed by atoms with Crippen molar-refractivity contribution in [2.24, 2.45) is 0 Å². The third-order valence-electron chi connectivity index (χ3n) is 5.38. The number of thioether (sulfide) groups is 1. The van der Waals surface area contributed by atoms with E-state index in [1.807, 2.05) is 30.3 Å². The van der Waals surface area contributed by atoms with Gasteiger partial charge in [-0.15, -0.1) is 0 Å². The van der Waals surface area contributed by atoms with E-state index in [0.717, 1.165) is 43.0 Å². The molecule has 2 aliphatic heterocycles. The number of nitrogens with zero attached hydrogens (tertiary/aromatic N) is 1. The molecular formula is C26H27NO10S2. The molecule has 2 heterocycles. The van der Waals surface area contributed by atoms with Crippen LogP contribution in [0.1, 0.15) is 33.3 Å². The van der Waals surface area contributed by atoms with Crippen LogP contribution in [0.2, 0.25) is 0 Å². The van der Waals surface area contributed by atoms with Gasteiger partial charge in [0, 0.05) is 27.7 Å². The van der Waals surface area contributed by atoms with Crippen LogP contribution in [0.25, 0.3) is 6.08 Å². The van der Waals surface area contributed by atoms with E-state index >= 15 is 0 Å². The van der Waals surface area contributed by atoms with Crippen LogP contribution < -0.4 is 0 Å². The first-order valence-corrected chi connectivity index (χ1v) is 13.0. The van der Waals surface area contributed by atoms with E-state index in [0.29, 0.717) is 0 Å². The molecule has 0 aromatic heterocycles. The van der Waals surface area contributed by atoms with Crippen molar-refractivity contribution in [3.05, 3.63) is 53.0 Å². The summed E-state index contributed by atoms with van der Waals surface area (Å²) in [5, 5.41) is 0. The number of rotatable bonds is 8. The van der Waals surface area contributed by atoms with E-state index in [9.17, 15) is 24.0 Å². The van der Waals surface area contributed by atoms with E-state index < -0.39 is 67.0 Å². The Balaban J connectivity index is 1.99. The molecule has 0 bridgehead atoms. The van der Waals surface area contributed by atoms with Crippen LogP contribution in [0.3, 0.4) is 0 Å². The summed E-state index contributed by atoms with van der Waals surface area (Å²) in [5.74, 6) is -3.52. The van der Waals surface area contributed by atoms with Gasteiger partial charge in [-0.2, -0.15) is 0 Å². The minimum absolute atomic E-state index is 0.0836. The van der Waals surface area contributed by atoms with Gasteiger partial charge in [-0.1, -0.05) is 66.5 Å². The lowest BCUT2D eigenvalue weighted by Gasteiger charge is -2.46. The van der Waals surface area contributed by atoms with E-state index in [2.05, 4.69) is 0 Å². The predicted molar refractivity (Wildman–Crippen MR) is 143 cm³/mol. The average molecular weight is 578 g/mol. The molecule has 2 fully saturated rings. The first-order valence-electron chi connectivity index (χ1n) is 11.8. The molecule has 13 heteroatoms. The van der Waals surface area contributed by atoms with Gasteiger partial charge >= 0.3 is 23.9 Å². The normalized spacial score (nSPS) is 26.0. The Bertz CT molecular complexity index is 1200. The molecule has 0 saturated carbocycles. The molecule has 3 rings (SSSR count). The van der Waals surface area contributed by atoms with Crippen molar-refractivity contribution in [3.8, 4) is 0 Å². The summed E-state index contributed by atoms with van der Waals surface area (Å²) >= 11 is 6.46. The molecule has 5 atom stereocenters. The number of amides is 1. The number of carbonyl (C=O) groups excluding carboxylic acids is 5. The summed E-state index contributed by atoms with van der Waals surface area (Å²) in [7, 11) is 0. The Morgan fingerprint density at radius 3 is 2.10 bits per heavy atom. The zero-order valence-corrected chi connectivity index (χ0v) is 23.2. The number of ether oxygens (including phenoxy) is 5. The Hall–Kier alpha value is -3.55. The predicted octanol–water partition coefficient (Wildman–Crippen LogP) is 2.53. The van der Waals surface area contributed by atoms with Crippen LogP contribution in [-0.4, -0.2) is 76.3 Å². The Kier molecular flexibility index (Phi) is 10.4. The summed E-state index contributed by atoms with van der Waals surface area (Å²) in [6, 6.07) is 9.43. The highest BCUT2D eigenvalue weighted by Gasteiger charge is 2.56. The summed E-state index contributed by atoms with van der Waals surface area (Å²) < 4.78 is 27.5. The van der Waals surface area contributed by atoms with Gasteiger partial charge in [-0.25, -0.2) is 0 Å². The fourth-order valence-corrected chi connectivity index (χ4v) is 5.20. The molecule has 39 heavy (non-hydrogen) atoms. The number of hydrogen-bond donors (Lipinski definition) is 0. The monoisotopic (exact) mass is 577 g/mol. The molecule has 1 aromatic rings. The summed E-state index contributed by atoms with van der Waals surface area (Å²) in [4.78, 5) is 62.4. The lowest BCUT2D eigenvalue weighted by molar-refractivity contribution is -0.268.